The van der Waals surface area contributed by atoms with Gasteiger partial charge in [-0.05, 0) is 36.5 Å². The Morgan fingerprint density at radius 3 is 2.83 bits per heavy atom. The van der Waals surface area contributed by atoms with Gasteiger partial charge in [-0.3, -0.25) is 4.79 Å². The maximum Gasteiger partial charge on any atom is 0.140 e. The summed E-state index contributed by atoms with van der Waals surface area (Å²) in [7, 11) is 0. The van der Waals surface area contributed by atoms with Crippen LogP contribution in [0.25, 0.3) is 0 Å². The summed E-state index contributed by atoms with van der Waals surface area (Å²) in [4.78, 5) is 11.8. The van der Waals surface area contributed by atoms with Crippen molar-refractivity contribution in [3.63, 3.8) is 0 Å². The third kappa shape index (κ3) is 0.451. The average Bonchev–Trinajstić information content (AvgIpc) is 2.49. The Morgan fingerprint density at radius 2 is 2.00 bits per heavy atom. The number of ketones is 1. The fourth-order valence-electron chi connectivity index (χ4n) is 4.06. The van der Waals surface area contributed by atoms with Crippen molar-refractivity contribution in [2.75, 3.05) is 0 Å². The third-order valence-corrected chi connectivity index (χ3v) is 4.55. The van der Waals surface area contributed by atoms with E-state index in [-0.39, 0.29) is 0 Å². The highest BCUT2D eigenvalue weighted by Crippen LogP contribution is 2.66. The van der Waals surface area contributed by atoms with Crippen LogP contribution in [0, 0.1) is 35.5 Å². The van der Waals surface area contributed by atoms with Gasteiger partial charge in [0.1, 0.15) is 5.78 Å². The number of allylic oxidation sites excluding steroid dienone is 2. The van der Waals surface area contributed by atoms with E-state index in [0.717, 1.165) is 17.8 Å². The molecule has 0 aliphatic heterocycles. The molecular formula is C11H12O. The van der Waals surface area contributed by atoms with Crippen LogP contribution in [0.3, 0.4) is 0 Å². The number of hydrogen-bond acceptors (Lipinski definition) is 1. The number of carbonyl (C=O) groups excluding carboxylic acids is 1. The quantitative estimate of drug-likeness (QED) is 0.492. The minimum atomic E-state index is 0.476. The van der Waals surface area contributed by atoms with Crippen LogP contribution in [0.4, 0.5) is 0 Å². The zero-order chi connectivity index (χ0) is 7.87. The number of carbonyl (C=O) groups is 1. The van der Waals surface area contributed by atoms with Gasteiger partial charge in [-0.1, -0.05) is 12.2 Å². The first kappa shape index (κ1) is 5.95. The smallest absolute Gasteiger partial charge is 0.140 e. The molecule has 0 N–H and O–H groups in total. The lowest BCUT2D eigenvalue weighted by Crippen LogP contribution is -2.23. The van der Waals surface area contributed by atoms with Crippen LogP contribution in [-0.2, 0) is 4.79 Å². The van der Waals surface area contributed by atoms with Crippen LogP contribution in [0.2, 0.25) is 0 Å². The zero-order valence-corrected chi connectivity index (χ0v) is 6.94. The molecule has 3 fully saturated rings. The number of rotatable bonds is 0. The maximum absolute atomic E-state index is 11.8. The molecule has 0 aromatic rings. The summed E-state index contributed by atoms with van der Waals surface area (Å²) in [5.41, 5.74) is 0. The predicted octanol–water partition coefficient (Wildman–Crippen LogP) is 1.64. The highest BCUT2D eigenvalue weighted by atomic mass is 16.1. The molecule has 0 amide bonds. The molecule has 4 aliphatic rings. The molecule has 6 atom stereocenters. The van der Waals surface area contributed by atoms with Gasteiger partial charge in [0.15, 0.2) is 0 Å². The van der Waals surface area contributed by atoms with Crippen LogP contribution >= 0.6 is 0 Å². The lowest BCUT2D eigenvalue weighted by atomic mass is 9.82. The molecule has 4 rings (SSSR count). The van der Waals surface area contributed by atoms with Crippen LogP contribution < -0.4 is 0 Å². The van der Waals surface area contributed by atoms with E-state index >= 15 is 0 Å². The van der Waals surface area contributed by atoms with Gasteiger partial charge in [0.05, 0.1) is 0 Å². The van der Waals surface area contributed by atoms with Crippen LogP contribution in [-0.4, -0.2) is 5.78 Å². The number of hydrogen-bond donors (Lipinski definition) is 0. The van der Waals surface area contributed by atoms with E-state index in [1.165, 1.54) is 12.8 Å². The molecule has 2 unspecified atom stereocenters. The van der Waals surface area contributed by atoms with Gasteiger partial charge in [0.25, 0.3) is 0 Å². The summed E-state index contributed by atoms with van der Waals surface area (Å²) < 4.78 is 0. The highest BCUT2D eigenvalue weighted by molar-refractivity contribution is 5.90. The van der Waals surface area contributed by atoms with Crippen LogP contribution in [0.5, 0.6) is 0 Å². The normalized spacial score (nSPS) is 63.8. The summed E-state index contributed by atoms with van der Waals surface area (Å²) in [6.45, 7) is 0. The van der Waals surface area contributed by atoms with Crippen molar-refractivity contribution in [3.05, 3.63) is 12.2 Å². The van der Waals surface area contributed by atoms with Crippen LogP contribution in [0.1, 0.15) is 12.8 Å². The van der Waals surface area contributed by atoms with E-state index in [0.29, 0.717) is 23.5 Å². The molecule has 0 heterocycles. The second kappa shape index (κ2) is 1.55. The number of fused-ring (bicyclic) bond motifs is 7. The Hall–Kier alpha value is -0.590. The van der Waals surface area contributed by atoms with Gasteiger partial charge < -0.3 is 0 Å². The first-order valence-corrected chi connectivity index (χ1v) is 5.08. The molecule has 0 aromatic carbocycles. The van der Waals surface area contributed by atoms with Gasteiger partial charge in [0, 0.05) is 11.8 Å². The Kier molecular flexibility index (Phi) is 0.768. The van der Waals surface area contributed by atoms with E-state index < -0.39 is 0 Å². The van der Waals surface area contributed by atoms with Crippen molar-refractivity contribution in [1.82, 2.24) is 0 Å². The summed E-state index contributed by atoms with van der Waals surface area (Å²) in [6, 6.07) is 0. The summed E-state index contributed by atoms with van der Waals surface area (Å²) in [5.74, 6) is 4.68. The van der Waals surface area contributed by atoms with E-state index in [9.17, 15) is 4.79 Å². The highest BCUT2D eigenvalue weighted by Gasteiger charge is 2.66. The molecular weight excluding hydrogens is 148 g/mol. The van der Waals surface area contributed by atoms with Crippen molar-refractivity contribution in [3.8, 4) is 0 Å². The Morgan fingerprint density at radius 1 is 1.17 bits per heavy atom. The second-order valence-electron chi connectivity index (χ2n) is 4.96. The summed E-state index contributed by atoms with van der Waals surface area (Å²) in [6.07, 6.45) is 7.20. The first-order chi connectivity index (χ1) is 5.86. The summed E-state index contributed by atoms with van der Waals surface area (Å²) in [5, 5.41) is 0. The third-order valence-electron chi connectivity index (χ3n) is 4.55. The van der Waals surface area contributed by atoms with Crippen molar-refractivity contribution in [2.24, 2.45) is 35.5 Å². The average molecular weight is 160 g/mol. The van der Waals surface area contributed by atoms with Gasteiger partial charge in [-0.15, -0.1) is 0 Å². The minimum Gasteiger partial charge on any atom is -0.299 e. The Balaban J connectivity index is 1.86. The second-order valence-corrected chi connectivity index (χ2v) is 4.96. The predicted molar refractivity (Wildman–Crippen MR) is 44.3 cm³/mol. The van der Waals surface area contributed by atoms with Crippen molar-refractivity contribution in [1.29, 1.82) is 0 Å². The molecule has 1 heteroatoms. The lowest BCUT2D eigenvalue weighted by molar-refractivity contribution is -0.123. The van der Waals surface area contributed by atoms with Crippen molar-refractivity contribution < 1.29 is 4.79 Å². The molecule has 4 aliphatic carbocycles. The maximum atomic E-state index is 11.8. The van der Waals surface area contributed by atoms with Crippen molar-refractivity contribution in [2.45, 2.75) is 12.8 Å². The van der Waals surface area contributed by atoms with Gasteiger partial charge in [0.2, 0.25) is 0 Å². The van der Waals surface area contributed by atoms with Gasteiger partial charge in [-0.2, -0.15) is 0 Å². The molecule has 62 valence electrons. The fourth-order valence-corrected chi connectivity index (χ4v) is 4.06. The SMILES string of the molecule is O=C1[C@H]2C[C@H]2[C@@H]2C3C=CC(C3)[C@H]12. The molecule has 12 heavy (non-hydrogen) atoms. The van der Waals surface area contributed by atoms with Gasteiger partial charge >= 0.3 is 0 Å². The molecule has 0 spiro atoms. The number of Topliss-reactive ketones (excluding diaryl/α,β-unsaturated/α-hetero) is 1. The van der Waals surface area contributed by atoms with E-state index in [1.54, 1.807) is 0 Å². The Bertz CT molecular complexity index is 304. The summed E-state index contributed by atoms with van der Waals surface area (Å²) >= 11 is 0. The standard InChI is InChI=1S/C11H12O/c12-11-8-4-7(8)9-5-1-2-6(3-5)10(9)11/h1-2,5-10H,3-4H2/t5?,6?,7-,8+,9+,10+/m1/s1. The van der Waals surface area contributed by atoms with E-state index in [1.807, 2.05) is 0 Å². The van der Waals surface area contributed by atoms with Crippen molar-refractivity contribution >= 4 is 5.78 Å². The monoisotopic (exact) mass is 160 g/mol. The fraction of sp³-hybridized carbons (Fsp3) is 0.727. The van der Waals surface area contributed by atoms with E-state index in [2.05, 4.69) is 12.2 Å². The molecule has 2 bridgehead atoms. The van der Waals surface area contributed by atoms with E-state index in [4.69, 9.17) is 0 Å². The first-order valence-electron chi connectivity index (χ1n) is 5.08. The largest absolute Gasteiger partial charge is 0.299 e. The minimum absolute atomic E-state index is 0.476. The van der Waals surface area contributed by atoms with Crippen LogP contribution in [0.15, 0.2) is 12.2 Å². The molecule has 1 nitrogen and oxygen atoms in total. The molecule has 0 radical (unpaired) electrons. The zero-order valence-electron chi connectivity index (χ0n) is 6.94. The molecule has 3 saturated carbocycles. The van der Waals surface area contributed by atoms with Gasteiger partial charge in [-0.25, -0.2) is 0 Å². The lowest BCUT2D eigenvalue weighted by Gasteiger charge is -2.21. The molecule has 0 aromatic heterocycles. The molecule has 0 saturated heterocycles. The topological polar surface area (TPSA) is 17.1 Å². The Labute approximate surface area is 71.8 Å².